The van der Waals surface area contributed by atoms with E-state index in [0.29, 0.717) is 18.1 Å². The molecule has 31 heavy (non-hydrogen) atoms. The maximum absolute atomic E-state index is 11.5. The van der Waals surface area contributed by atoms with Crippen LogP contribution in [0.4, 0.5) is 0 Å². The molecular weight excluding hydrogens is 392 g/mol. The molecule has 0 aliphatic heterocycles. The van der Waals surface area contributed by atoms with Gasteiger partial charge in [-0.15, -0.1) is 0 Å². The first-order valence-corrected chi connectivity index (χ1v) is 10.4. The minimum Gasteiger partial charge on any atom is -0.489 e. The molecular formula is C26H24O5. The van der Waals surface area contributed by atoms with Gasteiger partial charge in [0.25, 0.3) is 0 Å². The molecule has 1 fully saturated rings. The minimum atomic E-state index is -0.948. The highest BCUT2D eigenvalue weighted by Crippen LogP contribution is 2.40. The smallest absolute Gasteiger partial charge is 0.335 e. The Kier molecular flexibility index (Phi) is 6.03. The molecule has 0 amide bonds. The number of carbonyl (C=O) groups is 2. The third-order valence-electron chi connectivity index (χ3n) is 5.87. The average molecular weight is 416 g/mol. The summed E-state index contributed by atoms with van der Waals surface area (Å²) in [6, 6.07) is 19.8. The maximum atomic E-state index is 11.5. The summed E-state index contributed by atoms with van der Waals surface area (Å²) in [4.78, 5) is 22.4. The molecule has 0 heterocycles. The molecule has 2 N–H and O–H groups in total. The Morgan fingerprint density at radius 3 is 2.03 bits per heavy atom. The Bertz CT molecular complexity index is 1080. The first-order chi connectivity index (χ1) is 15.0. The van der Waals surface area contributed by atoms with Crippen LogP contribution in [0.3, 0.4) is 0 Å². The second-order valence-electron chi connectivity index (χ2n) is 7.90. The number of rotatable bonds is 7. The highest BCUT2D eigenvalue weighted by Gasteiger charge is 2.22. The number of carboxylic acid groups (broad SMARTS) is 2. The lowest BCUT2D eigenvalue weighted by molar-refractivity contribution is 0.0686. The molecule has 1 saturated carbocycles. The van der Waals surface area contributed by atoms with Gasteiger partial charge in [0.05, 0.1) is 11.1 Å². The second-order valence-corrected chi connectivity index (χ2v) is 7.90. The molecule has 0 aromatic heterocycles. The van der Waals surface area contributed by atoms with Crippen molar-refractivity contribution >= 4 is 11.9 Å². The van der Waals surface area contributed by atoms with Crippen LogP contribution in [-0.2, 0) is 6.61 Å². The van der Waals surface area contributed by atoms with Crippen molar-refractivity contribution in [3.05, 3.63) is 89.0 Å². The van der Waals surface area contributed by atoms with E-state index in [1.54, 1.807) is 30.3 Å². The zero-order valence-electron chi connectivity index (χ0n) is 17.1. The SMILES string of the molecule is O=C(O)c1ccc(COc2ccc(-c3ccc(C(=O)O)cc3C3CCCC3)cc2)cc1. The van der Waals surface area contributed by atoms with E-state index in [0.717, 1.165) is 40.8 Å². The third-order valence-corrected chi connectivity index (χ3v) is 5.87. The van der Waals surface area contributed by atoms with Gasteiger partial charge < -0.3 is 14.9 Å². The molecule has 1 aliphatic carbocycles. The predicted octanol–water partition coefficient (Wildman–Crippen LogP) is 5.99. The number of hydrogen-bond acceptors (Lipinski definition) is 3. The van der Waals surface area contributed by atoms with E-state index in [4.69, 9.17) is 9.84 Å². The van der Waals surface area contributed by atoms with Crippen LogP contribution < -0.4 is 4.74 Å². The Labute approximate surface area is 180 Å². The van der Waals surface area contributed by atoms with Crippen LogP contribution in [0.2, 0.25) is 0 Å². The highest BCUT2D eigenvalue weighted by atomic mass is 16.5. The second kappa shape index (κ2) is 9.04. The van der Waals surface area contributed by atoms with E-state index >= 15 is 0 Å². The van der Waals surface area contributed by atoms with Gasteiger partial charge in [0.1, 0.15) is 12.4 Å². The Morgan fingerprint density at radius 1 is 0.806 bits per heavy atom. The van der Waals surface area contributed by atoms with Gasteiger partial charge in [-0.05, 0) is 77.4 Å². The highest BCUT2D eigenvalue weighted by molar-refractivity contribution is 5.89. The molecule has 4 rings (SSSR count). The van der Waals surface area contributed by atoms with Crippen LogP contribution >= 0.6 is 0 Å². The van der Waals surface area contributed by atoms with Gasteiger partial charge in [-0.2, -0.15) is 0 Å². The quantitative estimate of drug-likeness (QED) is 0.494. The predicted molar refractivity (Wildman–Crippen MR) is 118 cm³/mol. The van der Waals surface area contributed by atoms with E-state index in [1.807, 2.05) is 36.4 Å². The van der Waals surface area contributed by atoms with Crippen LogP contribution in [0.25, 0.3) is 11.1 Å². The summed E-state index contributed by atoms with van der Waals surface area (Å²) < 4.78 is 5.84. The van der Waals surface area contributed by atoms with Crippen LogP contribution in [-0.4, -0.2) is 22.2 Å². The summed E-state index contributed by atoms with van der Waals surface area (Å²) in [5, 5.41) is 18.4. The van der Waals surface area contributed by atoms with Crippen molar-refractivity contribution in [2.24, 2.45) is 0 Å². The van der Waals surface area contributed by atoms with Gasteiger partial charge >= 0.3 is 11.9 Å². The molecule has 0 spiro atoms. The number of carboxylic acids is 2. The summed E-state index contributed by atoms with van der Waals surface area (Å²) in [7, 11) is 0. The topological polar surface area (TPSA) is 83.8 Å². The molecule has 0 atom stereocenters. The summed E-state index contributed by atoms with van der Waals surface area (Å²) >= 11 is 0. The van der Waals surface area contributed by atoms with Crippen LogP contribution in [0, 0.1) is 0 Å². The molecule has 5 heteroatoms. The number of ether oxygens (including phenoxy) is 1. The largest absolute Gasteiger partial charge is 0.489 e. The van der Waals surface area contributed by atoms with Gasteiger partial charge in [0, 0.05) is 0 Å². The van der Waals surface area contributed by atoms with Crippen molar-refractivity contribution in [2.45, 2.75) is 38.2 Å². The van der Waals surface area contributed by atoms with Gasteiger partial charge in [0.15, 0.2) is 0 Å². The minimum absolute atomic E-state index is 0.250. The van der Waals surface area contributed by atoms with Crippen molar-refractivity contribution in [3.63, 3.8) is 0 Å². The molecule has 3 aromatic rings. The summed E-state index contributed by atoms with van der Waals surface area (Å²) in [6.07, 6.45) is 4.55. The fraction of sp³-hybridized carbons (Fsp3) is 0.231. The maximum Gasteiger partial charge on any atom is 0.335 e. The Balaban J connectivity index is 1.51. The van der Waals surface area contributed by atoms with Crippen molar-refractivity contribution in [1.29, 1.82) is 0 Å². The Hall–Kier alpha value is -3.60. The molecule has 0 radical (unpaired) electrons. The molecule has 3 aromatic carbocycles. The van der Waals surface area contributed by atoms with Gasteiger partial charge in [-0.25, -0.2) is 9.59 Å². The van der Waals surface area contributed by atoms with Gasteiger partial charge in [-0.3, -0.25) is 0 Å². The monoisotopic (exact) mass is 416 g/mol. The van der Waals surface area contributed by atoms with E-state index in [-0.39, 0.29) is 5.56 Å². The Morgan fingerprint density at radius 2 is 1.42 bits per heavy atom. The fourth-order valence-electron chi connectivity index (χ4n) is 4.17. The first-order valence-electron chi connectivity index (χ1n) is 10.4. The summed E-state index contributed by atoms with van der Waals surface area (Å²) in [6.45, 7) is 0.347. The number of hydrogen-bond donors (Lipinski definition) is 2. The van der Waals surface area contributed by atoms with Crippen LogP contribution in [0.5, 0.6) is 5.75 Å². The van der Waals surface area contributed by atoms with Crippen LogP contribution in [0.15, 0.2) is 66.7 Å². The standard InChI is InChI=1S/C26H24O5/c27-25(28)20-7-5-17(6-8-20)16-31-22-12-9-19(10-13-22)23-14-11-21(26(29)30)15-24(23)18-3-1-2-4-18/h5-15,18H,1-4,16H2,(H,27,28)(H,29,30). The fourth-order valence-corrected chi connectivity index (χ4v) is 4.17. The zero-order valence-corrected chi connectivity index (χ0v) is 17.1. The molecule has 1 aliphatic rings. The lowest BCUT2D eigenvalue weighted by atomic mass is 9.88. The number of aromatic carboxylic acids is 2. The molecule has 0 unspecified atom stereocenters. The van der Waals surface area contributed by atoms with Crippen LogP contribution in [0.1, 0.15) is 63.4 Å². The first kappa shape index (κ1) is 20.7. The van der Waals surface area contributed by atoms with Crippen molar-refractivity contribution in [3.8, 4) is 16.9 Å². The zero-order chi connectivity index (χ0) is 21.8. The average Bonchev–Trinajstić information content (AvgIpc) is 3.33. The van der Waals surface area contributed by atoms with Gasteiger partial charge in [0.2, 0.25) is 0 Å². The van der Waals surface area contributed by atoms with E-state index in [2.05, 4.69) is 0 Å². The molecule has 158 valence electrons. The number of benzene rings is 3. The van der Waals surface area contributed by atoms with Crippen molar-refractivity contribution < 1.29 is 24.5 Å². The third kappa shape index (κ3) is 4.77. The molecule has 0 saturated heterocycles. The van der Waals surface area contributed by atoms with E-state index < -0.39 is 11.9 Å². The lowest BCUT2D eigenvalue weighted by Gasteiger charge is -2.17. The molecule has 5 nitrogen and oxygen atoms in total. The summed E-state index contributed by atoms with van der Waals surface area (Å²) in [5.74, 6) is -0.725. The molecule has 0 bridgehead atoms. The van der Waals surface area contributed by atoms with E-state index in [1.165, 1.54) is 12.8 Å². The van der Waals surface area contributed by atoms with Crippen molar-refractivity contribution in [2.75, 3.05) is 0 Å². The van der Waals surface area contributed by atoms with Gasteiger partial charge in [-0.1, -0.05) is 43.2 Å². The summed E-state index contributed by atoms with van der Waals surface area (Å²) in [5.41, 5.74) is 4.70. The van der Waals surface area contributed by atoms with E-state index in [9.17, 15) is 14.7 Å². The lowest BCUT2D eigenvalue weighted by Crippen LogP contribution is -2.02. The van der Waals surface area contributed by atoms with Crippen molar-refractivity contribution in [1.82, 2.24) is 0 Å². The normalized spacial score (nSPS) is 13.8.